The summed E-state index contributed by atoms with van der Waals surface area (Å²) < 4.78 is 11.5. The zero-order valence-corrected chi connectivity index (χ0v) is 15.6. The van der Waals surface area contributed by atoms with Crippen LogP contribution in [0.5, 0.6) is 5.75 Å². The normalized spacial score (nSPS) is 29.0. The lowest BCUT2D eigenvalue weighted by molar-refractivity contribution is -0.0880. The summed E-state index contributed by atoms with van der Waals surface area (Å²) in [5, 5.41) is 11.2. The lowest BCUT2D eigenvalue weighted by Crippen LogP contribution is -2.51. The van der Waals surface area contributed by atoms with Crippen LogP contribution in [0, 0.1) is 0 Å². The Morgan fingerprint density at radius 3 is 2.96 bits per heavy atom. The number of pyridine rings is 1. The van der Waals surface area contributed by atoms with E-state index >= 15 is 0 Å². The van der Waals surface area contributed by atoms with Crippen molar-refractivity contribution < 1.29 is 14.6 Å². The van der Waals surface area contributed by atoms with Crippen molar-refractivity contribution in [1.29, 1.82) is 0 Å². The second kappa shape index (κ2) is 7.14. The van der Waals surface area contributed by atoms with Crippen molar-refractivity contribution in [3.8, 4) is 5.75 Å². The van der Waals surface area contributed by atoms with Crippen molar-refractivity contribution in [2.75, 3.05) is 20.3 Å². The van der Waals surface area contributed by atoms with Gasteiger partial charge in [0, 0.05) is 31.6 Å². The molecule has 2 aliphatic rings. The molecule has 2 fully saturated rings. The number of fused-ring (bicyclic) bond motifs is 2. The van der Waals surface area contributed by atoms with Gasteiger partial charge in [-0.2, -0.15) is 0 Å². The number of nitrogens with zero attached hydrogens (tertiary/aromatic N) is 2. The number of methoxy groups -OCH3 is 1. The van der Waals surface area contributed by atoms with E-state index < -0.39 is 0 Å². The molecule has 26 heavy (non-hydrogen) atoms. The van der Waals surface area contributed by atoms with Gasteiger partial charge in [-0.25, -0.2) is 0 Å². The Morgan fingerprint density at radius 1 is 1.27 bits per heavy atom. The Hall–Kier alpha value is -1.69. The highest BCUT2D eigenvalue weighted by molar-refractivity contribution is 5.80. The minimum Gasteiger partial charge on any atom is -0.494 e. The number of aliphatic hydroxyl groups excluding tert-OH is 1. The van der Waals surface area contributed by atoms with E-state index in [4.69, 9.17) is 14.5 Å². The summed E-state index contributed by atoms with van der Waals surface area (Å²) in [6.07, 6.45) is 3.39. The van der Waals surface area contributed by atoms with E-state index in [-0.39, 0.29) is 17.7 Å². The molecular weight excluding hydrogens is 328 g/mol. The maximum absolute atomic E-state index is 10.2. The second-order valence-corrected chi connectivity index (χ2v) is 7.52. The number of rotatable bonds is 5. The Labute approximate surface area is 154 Å². The molecule has 2 heterocycles. The topological polar surface area (TPSA) is 54.8 Å². The van der Waals surface area contributed by atoms with Gasteiger partial charge in [-0.3, -0.25) is 9.88 Å². The van der Waals surface area contributed by atoms with Gasteiger partial charge in [0.15, 0.2) is 0 Å². The van der Waals surface area contributed by atoms with Crippen molar-refractivity contribution in [2.24, 2.45) is 0 Å². The van der Waals surface area contributed by atoms with E-state index in [2.05, 4.69) is 17.0 Å². The number of benzene rings is 1. The van der Waals surface area contributed by atoms with Crippen LogP contribution in [-0.4, -0.2) is 53.0 Å². The third-order valence-corrected chi connectivity index (χ3v) is 6.07. The number of aromatic nitrogens is 1. The minimum absolute atomic E-state index is 0.0948. The van der Waals surface area contributed by atoms with Crippen LogP contribution in [-0.2, 0) is 11.3 Å². The molecule has 4 rings (SSSR count). The maximum atomic E-state index is 10.2. The van der Waals surface area contributed by atoms with E-state index in [0.29, 0.717) is 6.61 Å². The van der Waals surface area contributed by atoms with E-state index in [0.717, 1.165) is 61.1 Å². The summed E-state index contributed by atoms with van der Waals surface area (Å²) >= 11 is 0. The molecule has 140 valence electrons. The number of ether oxygens (including phenoxy) is 2. The summed E-state index contributed by atoms with van der Waals surface area (Å²) in [5.74, 6) is 0.884. The molecule has 1 aliphatic heterocycles. The summed E-state index contributed by atoms with van der Waals surface area (Å²) in [6.45, 7) is 4.45. The first-order valence-electron chi connectivity index (χ1n) is 9.63. The van der Waals surface area contributed by atoms with Gasteiger partial charge in [0.1, 0.15) is 5.75 Å². The van der Waals surface area contributed by atoms with E-state index in [1.54, 1.807) is 0 Å². The summed E-state index contributed by atoms with van der Waals surface area (Å²) in [4.78, 5) is 7.28. The SMILES string of the molecule is CCOc1ccc2nc(CN3CC[C@]4(OC)CC[C@@H](O)C[C@H]34)ccc2c1. The highest BCUT2D eigenvalue weighted by Crippen LogP contribution is 2.42. The predicted molar refractivity (Wildman–Crippen MR) is 101 cm³/mol. The van der Waals surface area contributed by atoms with E-state index in [1.165, 1.54) is 0 Å². The van der Waals surface area contributed by atoms with Crippen LogP contribution < -0.4 is 4.74 Å². The summed E-state index contributed by atoms with van der Waals surface area (Å²) in [5.41, 5.74) is 1.96. The Bertz CT molecular complexity index is 781. The molecule has 2 aromatic rings. The largest absolute Gasteiger partial charge is 0.494 e. The zero-order valence-electron chi connectivity index (χ0n) is 15.6. The molecule has 1 aliphatic carbocycles. The zero-order chi connectivity index (χ0) is 18.1. The van der Waals surface area contributed by atoms with Crippen LogP contribution in [0.15, 0.2) is 30.3 Å². The van der Waals surface area contributed by atoms with Crippen molar-refractivity contribution in [2.45, 2.75) is 56.9 Å². The highest BCUT2D eigenvalue weighted by atomic mass is 16.5. The molecule has 1 saturated heterocycles. The molecule has 0 bridgehead atoms. The van der Waals surface area contributed by atoms with Gasteiger partial charge in [-0.1, -0.05) is 6.07 Å². The molecule has 3 atom stereocenters. The first-order chi connectivity index (χ1) is 12.6. The number of hydrogen-bond donors (Lipinski definition) is 1. The quantitative estimate of drug-likeness (QED) is 0.892. The van der Waals surface area contributed by atoms with Gasteiger partial charge in [-0.05, 0) is 56.9 Å². The second-order valence-electron chi connectivity index (χ2n) is 7.52. The average molecular weight is 356 g/mol. The van der Waals surface area contributed by atoms with Crippen molar-refractivity contribution in [3.05, 3.63) is 36.0 Å². The fourth-order valence-electron chi connectivity index (χ4n) is 4.66. The maximum Gasteiger partial charge on any atom is 0.120 e. The standard InChI is InChI=1S/C21H28N2O3/c1-3-26-18-6-7-19-15(12-18)4-5-16(22-19)14-23-11-10-21(25-2)9-8-17(24)13-20(21)23/h4-7,12,17,20,24H,3,8-11,13-14H2,1-2H3/t17-,20+,21-/m1/s1. The molecule has 1 aromatic heterocycles. The summed E-state index contributed by atoms with van der Waals surface area (Å²) in [7, 11) is 1.82. The van der Waals surface area contributed by atoms with Crippen molar-refractivity contribution in [1.82, 2.24) is 9.88 Å². The van der Waals surface area contributed by atoms with Crippen molar-refractivity contribution in [3.63, 3.8) is 0 Å². The van der Waals surface area contributed by atoms with E-state index in [9.17, 15) is 5.11 Å². The lowest BCUT2D eigenvalue weighted by atomic mass is 9.79. The van der Waals surface area contributed by atoms with Crippen LogP contribution in [0.4, 0.5) is 0 Å². The number of hydrogen-bond acceptors (Lipinski definition) is 5. The Morgan fingerprint density at radius 2 is 2.15 bits per heavy atom. The van der Waals surface area contributed by atoms with Crippen LogP contribution in [0.1, 0.15) is 38.3 Å². The lowest BCUT2D eigenvalue weighted by Gasteiger charge is -2.42. The predicted octanol–water partition coefficient (Wildman–Crippen LogP) is 3.14. The Balaban J connectivity index is 1.54. The smallest absolute Gasteiger partial charge is 0.120 e. The number of likely N-dealkylation sites (tertiary alicyclic amines) is 1. The molecule has 0 unspecified atom stereocenters. The van der Waals surface area contributed by atoms with Gasteiger partial charge < -0.3 is 14.6 Å². The van der Waals surface area contributed by atoms with E-state index in [1.807, 2.05) is 32.2 Å². The molecular formula is C21H28N2O3. The molecule has 1 N–H and O–H groups in total. The van der Waals surface area contributed by atoms with Gasteiger partial charge in [0.25, 0.3) is 0 Å². The molecule has 5 nitrogen and oxygen atoms in total. The molecule has 0 amide bonds. The molecule has 1 aromatic carbocycles. The minimum atomic E-state index is -0.217. The van der Waals surface area contributed by atoms with Crippen LogP contribution in [0.3, 0.4) is 0 Å². The highest BCUT2D eigenvalue weighted by Gasteiger charge is 2.50. The average Bonchev–Trinajstić information content (AvgIpc) is 3.00. The van der Waals surface area contributed by atoms with Gasteiger partial charge >= 0.3 is 0 Å². The van der Waals surface area contributed by atoms with Crippen LogP contribution >= 0.6 is 0 Å². The molecule has 1 saturated carbocycles. The fourth-order valence-corrected chi connectivity index (χ4v) is 4.66. The van der Waals surface area contributed by atoms with Gasteiger partial charge in [0.2, 0.25) is 0 Å². The fraction of sp³-hybridized carbons (Fsp3) is 0.571. The Kier molecular flexibility index (Phi) is 4.86. The monoisotopic (exact) mass is 356 g/mol. The van der Waals surface area contributed by atoms with Crippen LogP contribution in [0.2, 0.25) is 0 Å². The molecule has 5 heteroatoms. The third kappa shape index (κ3) is 3.20. The van der Waals surface area contributed by atoms with Gasteiger partial charge in [0.05, 0.1) is 29.5 Å². The first kappa shape index (κ1) is 17.7. The van der Waals surface area contributed by atoms with Gasteiger partial charge in [-0.15, -0.1) is 0 Å². The number of aliphatic hydroxyl groups is 1. The summed E-state index contributed by atoms with van der Waals surface area (Å²) in [6, 6.07) is 10.5. The van der Waals surface area contributed by atoms with Crippen molar-refractivity contribution >= 4 is 10.9 Å². The first-order valence-corrected chi connectivity index (χ1v) is 9.63. The molecule has 0 radical (unpaired) electrons. The molecule has 0 spiro atoms. The van der Waals surface area contributed by atoms with Crippen LogP contribution in [0.25, 0.3) is 10.9 Å². The third-order valence-electron chi connectivity index (χ3n) is 6.07.